The first-order valence-electron chi connectivity index (χ1n) is 7.77. The van der Waals surface area contributed by atoms with Crippen molar-refractivity contribution in [2.75, 3.05) is 32.6 Å². The summed E-state index contributed by atoms with van der Waals surface area (Å²) in [6.45, 7) is 5.42. The molecule has 1 aliphatic heterocycles. The maximum atomic E-state index is 12.9. The molecule has 2 aliphatic rings. The van der Waals surface area contributed by atoms with Crippen LogP contribution in [0.15, 0.2) is 16.4 Å². The number of hydrogen-bond acceptors (Lipinski definition) is 5. The van der Waals surface area contributed by atoms with Crippen LogP contribution in [0.25, 0.3) is 0 Å². The van der Waals surface area contributed by atoms with Crippen molar-refractivity contribution in [3.8, 4) is 0 Å². The van der Waals surface area contributed by atoms with Crippen LogP contribution < -0.4 is 10.7 Å². The highest BCUT2D eigenvalue weighted by Gasteiger charge is 2.43. The number of amides is 1. The van der Waals surface area contributed by atoms with Crippen molar-refractivity contribution in [2.24, 2.45) is 10.5 Å². The fraction of sp³-hybridized carbons (Fsp3) is 0.733. The van der Waals surface area contributed by atoms with Gasteiger partial charge in [-0.2, -0.15) is 5.10 Å². The fourth-order valence-electron chi connectivity index (χ4n) is 3.53. The lowest BCUT2D eigenvalue weighted by molar-refractivity contribution is -0.127. The topological polar surface area (TPSA) is 60.0 Å². The Hall–Kier alpha value is -0.920. The van der Waals surface area contributed by atoms with Gasteiger partial charge in [0, 0.05) is 37.5 Å². The first-order chi connectivity index (χ1) is 10.5. The van der Waals surface area contributed by atoms with Gasteiger partial charge in [-0.3, -0.25) is 4.79 Å². The van der Waals surface area contributed by atoms with Gasteiger partial charge in [0.15, 0.2) is 0 Å². The van der Waals surface area contributed by atoms with E-state index in [1.165, 1.54) is 5.01 Å². The second kappa shape index (κ2) is 7.57. The van der Waals surface area contributed by atoms with Gasteiger partial charge in [-0.25, -0.2) is 10.0 Å². The number of rotatable bonds is 5. The van der Waals surface area contributed by atoms with Gasteiger partial charge in [0.1, 0.15) is 0 Å². The van der Waals surface area contributed by atoms with Crippen molar-refractivity contribution in [3.63, 3.8) is 0 Å². The van der Waals surface area contributed by atoms with Gasteiger partial charge in [0.2, 0.25) is 0 Å². The number of carbonyl (C=O) groups is 1. The molecule has 0 aromatic heterocycles. The highest BCUT2D eigenvalue weighted by molar-refractivity contribution is 9.09. The predicted octanol–water partition coefficient (Wildman–Crippen LogP) is 1.66. The molecular weight excluding hydrogens is 346 g/mol. The Bertz CT molecular complexity index is 459. The number of nitrogens with one attached hydrogen (secondary N) is 2. The molecule has 1 amide bonds. The zero-order chi connectivity index (χ0) is 16.2. The highest BCUT2D eigenvalue weighted by Crippen LogP contribution is 2.47. The lowest BCUT2D eigenvalue weighted by Gasteiger charge is -2.44. The molecule has 2 N–H and O–H groups in total. The molecule has 0 saturated carbocycles. The summed E-state index contributed by atoms with van der Waals surface area (Å²) in [7, 11) is 3.64. The highest BCUT2D eigenvalue weighted by atomic mass is 79.9. The summed E-state index contributed by atoms with van der Waals surface area (Å²) < 4.78 is 0. The third-order valence-electron chi connectivity index (χ3n) is 4.70. The number of hydrazone groups is 1. The van der Waals surface area contributed by atoms with Gasteiger partial charge in [-0.05, 0) is 45.2 Å². The van der Waals surface area contributed by atoms with E-state index in [9.17, 15) is 4.79 Å². The largest absolute Gasteiger partial charge is 0.322 e. The monoisotopic (exact) mass is 371 g/mol. The zero-order valence-electron chi connectivity index (χ0n) is 13.5. The Labute approximate surface area is 141 Å². The van der Waals surface area contributed by atoms with Gasteiger partial charge in [0.25, 0.3) is 5.91 Å². The molecular formula is C15H26BrN5O. The number of hydrogen-bond donors (Lipinski definition) is 2. The van der Waals surface area contributed by atoms with E-state index in [0.29, 0.717) is 5.45 Å². The van der Waals surface area contributed by atoms with Crippen molar-refractivity contribution < 1.29 is 4.79 Å². The van der Waals surface area contributed by atoms with Crippen molar-refractivity contribution in [3.05, 3.63) is 11.3 Å². The maximum Gasteiger partial charge on any atom is 0.271 e. The molecule has 1 fully saturated rings. The normalized spacial score (nSPS) is 21.1. The predicted molar refractivity (Wildman–Crippen MR) is 92.4 cm³/mol. The maximum absolute atomic E-state index is 12.9. The van der Waals surface area contributed by atoms with E-state index >= 15 is 0 Å². The summed E-state index contributed by atoms with van der Waals surface area (Å²) in [5.41, 5.74) is 5.99. The van der Waals surface area contributed by atoms with Crippen molar-refractivity contribution in [2.45, 2.75) is 32.1 Å². The van der Waals surface area contributed by atoms with Crippen molar-refractivity contribution >= 4 is 28.6 Å². The van der Waals surface area contributed by atoms with Gasteiger partial charge < -0.3 is 10.7 Å². The van der Waals surface area contributed by atoms with Crippen LogP contribution in [0, 0.1) is 5.41 Å². The average Bonchev–Trinajstić information content (AvgIpc) is 2.54. The molecule has 2 rings (SSSR count). The molecule has 0 bridgehead atoms. The average molecular weight is 372 g/mol. The van der Waals surface area contributed by atoms with E-state index < -0.39 is 0 Å². The van der Waals surface area contributed by atoms with Crippen LogP contribution in [-0.4, -0.2) is 55.3 Å². The standard InChI is InChI=1S/C15H26BrN5O/c1-17-21(3)14(22)13-12(19-20(2)11-16)5-4-6-15(13)7-9-18-10-8-15/h18-19H,1,4-11H2,2-3H3. The van der Waals surface area contributed by atoms with E-state index in [0.717, 1.165) is 56.5 Å². The summed E-state index contributed by atoms with van der Waals surface area (Å²) in [5.74, 6) is -0.0259. The van der Waals surface area contributed by atoms with Crippen molar-refractivity contribution in [1.29, 1.82) is 0 Å². The van der Waals surface area contributed by atoms with E-state index in [4.69, 9.17) is 0 Å². The first-order valence-corrected chi connectivity index (χ1v) is 8.89. The Morgan fingerprint density at radius 3 is 2.68 bits per heavy atom. The molecule has 0 aromatic rings. The summed E-state index contributed by atoms with van der Waals surface area (Å²) in [6.07, 6.45) is 5.09. The fourth-order valence-corrected chi connectivity index (χ4v) is 3.66. The summed E-state index contributed by atoms with van der Waals surface area (Å²) in [6, 6.07) is 0. The summed E-state index contributed by atoms with van der Waals surface area (Å²) >= 11 is 3.44. The van der Waals surface area contributed by atoms with Gasteiger partial charge in [0.05, 0.1) is 5.45 Å². The van der Waals surface area contributed by atoms with Crippen LogP contribution in [0.1, 0.15) is 32.1 Å². The Morgan fingerprint density at radius 2 is 2.09 bits per heavy atom. The number of likely N-dealkylation sites (N-methyl/N-ethyl adjacent to an activating group) is 1. The molecule has 0 radical (unpaired) electrons. The number of hydrazine groups is 1. The second-order valence-electron chi connectivity index (χ2n) is 6.14. The number of piperidine rings is 1. The van der Waals surface area contributed by atoms with Crippen LogP contribution in [0.3, 0.4) is 0 Å². The first kappa shape index (κ1) is 17.4. The minimum Gasteiger partial charge on any atom is -0.322 e. The number of halogens is 1. The lowest BCUT2D eigenvalue weighted by atomic mass is 9.65. The van der Waals surface area contributed by atoms with Crippen LogP contribution in [0.5, 0.6) is 0 Å². The third kappa shape index (κ3) is 3.52. The molecule has 22 heavy (non-hydrogen) atoms. The van der Waals surface area contributed by atoms with Crippen LogP contribution in [0.2, 0.25) is 0 Å². The Balaban J connectivity index is 2.42. The number of alkyl halides is 1. The van der Waals surface area contributed by atoms with Crippen LogP contribution >= 0.6 is 15.9 Å². The Morgan fingerprint density at radius 1 is 1.41 bits per heavy atom. The van der Waals surface area contributed by atoms with E-state index in [2.05, 4.69) is 38.5 Å². The molecule has 124 valence electrons. The molecule has 0 atom stereocenters. The number of allylic oxidation sites excluding steroid dienone is 1. The van der Waals surface area contributed by atoms with Gasteiger partial charge >= 0.3 is 0 Å². The minimum absolute atomic E-state index is 0.0259. The van der Waals surface area contributed by atoms with E-state index in [1.54, 1.807) is 7.05 Å². The summed E-state index contributed by atoms with van der Waals surface area (Å²) in [5, 5.41) is 10.5. The van der Waals surface area contributed by atoms with E-state index in [1.807, 2.05) is 12.1 Å². The second-order valence-corrected chi connectivity index (χ2v) is 6.64. The summed E-state index contributed by atoms with van der Waals surface area (Å²) in [4.78, 5) is 12.9. The Kier molecular flexibility index (Phi) is 6.00. The smallest absolute Gasteiger partial charge is 0.271 e. The quantitative estimate of drug-likeness (QED) is 0.334. The number of carbonyl (C=O) groups excluding carboxylic acids is 1. The minimum atomic E-state index is -0.0327. The van der Waals surface area contributed by atoms with Crippen LogP contribution in [0.4, 0.5) is 0 Å². The molecule has 0 aromatic carbocycles. The zero-order valence-corrected chi connectivity index (χ0v) is 15.1. The molecule has 1 heterocycles. The van der Waals surface area contributed by atoms with E-state index in [-0.39, 0.29) is 11.3 Å². The molecule has 1 aliphatic carbocycles. The SMILES string of the molecule is C=NN(C)C(=O)C1=C(NN(C)CBr)CCCC12CCNCC2. The molecule has 1 spiro atoms. The molecule has 6 nitrogen and oxygen atoms in total. The molecule has 7 heteroatoms. The van der Waals surface area contributed by atoms with Crippen LogP contribution in [-0.2, 0) is 4.79 Å². The molecule has 1 saturated heterocycles. The van der Waals surface area contributed by atoms with Crippen molar-refractivity contribution in [1.82, 2.24) is 20.8 Å². The lowest BCUT2D eigenvalue weighted by Crippen LogP contribution is -2.47. The van der Waals surface area contributed by atoms with Gasteiger partial charge in [-0.15, -0.1) is 0 Å². The molecule has 0 unspecified atom stereocenters. The van der Waals surface area contributed by atoms with Gasteiger partial charge in [-0.1, -0.05) is 15.9 Å². The number of nitrogens with zero attached hydrogens (tertiary/aromatic N) is 3. The third-order valence-corrected chi connectivity index (χ3v) is 5.45.